The van der Waals surface area contributed by atoms with Gasteiger partial charge in [0, 0.05) is 23.2 Å². The topological polar surface area (TPSA) is 73.7 Å². The van der Waals surface area contributed by atoms with Crippen molar-refractivity contribution >= 4 is 23.4 Å². The predicted molar refractivity (Wildman–Crippen MR) is 136 cm³/mol. The number of aliphatic hydroxyl groups excluding tert-OH is 1. The number of aromatic nitrogens is 1. The van der Waals surface area contributed by atoms with E-state index in [-0.39, 0.29) is 29.3 Å². The number of phenols is 1. The van der Waals surface area contributed by atoms with E-state index < -0.39 is 17.3 Å². The van der Waals surface area contributed by atoms with Crippen molar-refractivity contribution in [3.8, 4) is 16.9 Å². The average Bonchev–Trinajstić information content (AvgIpc) is 2.89. The lowest BCUT2D eigenvalue weighted by molar-refractivity contribution is -0.123. The van der Waals surface area contributed by atoms with Gasteiger partial charge >= 0.3 is 0 Å². The highest BCUT2D eigenvalue weighted by atomic mass is 32.2. The molecule has 3 aromatic carbocycles. The molecule has 0 radical (unpaired) electrons. The lowest BCUT2D eigenvalue weighted by Gasteiger charge is -2.47. The second-order valence-electron chi connectivity index (χ2n) is 8.45. The molecule has 0 spiro atoms. The first-order chi connectivity index (χ1) is 17.4. The van der Waals surface area contributed by atoms with Crippen LogP contribution in [0.2, 0.25) is 0 Å². The first-order valence-electron chi connectivity index (χ1n) is 11.3. The summed E-state index contributed by atoms with van der Waals surface area (Å²) in [6, 6.07) is 22.3. The van der Waals surface area contributed by atoms with Gasteiger partial charge < -0.3 is 15.1 Å². The highest BCUT2D eigenvalue weighted by Gasteiger charge is 2.49. The fraction of sp³-hybridized carbons (Fsp3) is 0.143. The maximum absolute atomic E-state index is 14.1. The van der Waals surface area contributed by atoms with Gasteiger partial charge in [-0.15, -0.1) is 11.8 Å². The van der Waals surface area contributed by atoms with E-state index in [9.17, 15) is 23.8 Å². The highest BCUT2D eigenvalue weighted by Crippen LogP contribution is 2.46. The van der Waals surface area contributed by atoms with Crippen LogP contribution in [-0.4, -0.2) is 32.1 Å². The van der Waals surface area contributed by atoms with Gasteiger partial charge in [0.2, 0.25) is 11.9 Å². The van der Waals surface area contributed by atoms with Crippen molar-refractivity contribution in [3.05, 3.63) is 114 Å². The van der Waals surface area contributed by atoms with Gasteiger partial charge in [-0.2, -0.15) is 4.39 Å². The highest BCUT2D eigenvalue weighted by molar-refractivity contribution is 8.00. The smallest absolute Gasteiger partial charge is 0.243 e. The number of aliphatic hydroxyl groups is 1. The Labute approximate surface area is 211 Å². The molecular weight excluding hydrogens is 482 g/mol. The Bertz CT molecular complexity index is 1370. The van der Waals surface area contributed by atoms with Crippen molar-refractivity contribution in [2.24, 2.45) is 0 Å². The first-order valence-corrected chi connectivity index (χ1v) is 12.4. The van der Waals surface area contributed by atoms with Gasteiger partial charge in [0.25, 0.3) is 0 Å². The van der Waals surface area contributed by atoms with Gasteiger partial charge in [-0.05, 0) is 65.2 Å². The number of thioether (sulfide) groups is 1. The van der Waals surface area contributed by atoms with E-state index in [1.54, 1.807) is 65.6 Å². The number of carbonyl (C=O) groups excluding carboxylic acids is 1. The zero-order valence-electron chi connectivity index (χ0n) is 19.0. The van der Waals surface area contributed by atoms with Crippen molar-refractivity contribution in [2.75, 3.05) is 10.7 Å². The van der Waals surface area contributed by atoms with Crippen molar-refractivity contribution in [2.45, 2.75) is 17.4 Å². The van der Waals surface area contributed by atoms with Crippen molar-refractivity contribution < 1.29 is 23.8 Å². The van der Waals surface area contributed by atoms with E-state index in [4.69, 9.17) is 0 Å². The number of anilines is 1. The number of phenolic OH excluding ortho intramolecular Hbond substituents is 1. The van der Waals surface area contributed by atoms with Crippen LogP contribution >= 0.6 is 11.8 Å². The molecule has 1 aliphatic heterocycles. The molecule has 8 heteroatoms. The Balaban J connectivity index is 1.38. The molecule has 182 valence electrons. The molecule has 1 fully saturated rings. The third-order valence-electron chi connectivity index (χ3n) is 6.18. The molecule has 1 aromatic heterocycles. The molecule has 3 atom stereocenters. The molecule has 1 aliphatic rings. The van der Waals surface area contributed by atoms with E-state index in [0.29, 0.717) is 22.4 Å². The molecular formula is C28H22F2N2O3S. The zero-order chi connectivity index (χ0) is 25.2. The molecule has 0 unspecified atom stereocenters. The number of benzene rings is 3. The number of hydrogen-bond donors (Lipinski definition) is 2. The lowest BCUT2D eigenvalue weighted by Crippen LogP contribution is -2.57. The SMILES string of the molecule is O=C1[C@H](SC[C@H](O)c2ccc(F)cc2)[C@@H](c2ccc(O)cc2)N1c1ccc(-c2cccnc2F)cc1. The van der Waals surface area contributed by atoms with Gasteiger partial charge in [0.05, 0.1) is 12.1 Å². The number of carbonyl (C=O) groups is 1. The van der Waals surface area contributed by atoms with Crippen LogP contribution in [0.15, 0.2) is 91.1 Å². The molecule has 2 heterocycles. The third-order valence-corrected chi connectivity index (χ3v) is 7.51. The minimum absolute atomic E-state index is 0.120. The maximum atomic E-state index is 14.1. The molecule has 36 heavy (non-hydrogen) atoms. The van der Waals surface area contributed by atoms with Gasteiger partial charge in [-0.1, -0.05) is 36.4 Å². The maximum Gasteiger partial charge on any atom is 0.243 e. The Morgan fingerprint density at radius 3 is 2.31 bits per heavy atom. The molecule has 4 aromatic rings. The summed E-state index contributed by atoms with van der Waals surface area (Å²) in [4.78, 5) is 18.6. The summed E-state index contributed by atoms with van der Waals surface area (Å²) < 4.78 is 27.3. The molecule has 0 saturated carbocycles. The van der Waals surface area contributed by atoms with Crippen LogP contribution in [0, 0.1) is 11.8 Å². The first kappa shape index (κ1) is 24.0. The summed E-state index contributed by atoms with van der Waals surface area (Å²) in [6.45, 7) is 0. The number of aromatic hydroxyl groups is 1. The number of amides is 1. The average molecular weight is 505 g/mol. The minimum Gasteiger partial charge on any atom is -0.508 e. The zero-order valence-corrected chi connectivity index (χ0v) is 19.8. The molecule has 5 rings (SSSR count). The molecule has 1 saturated heterocycles. The fourth-order valence-electron chi connectivity index (χ4n) is 4.29. The molecule has 5 nitrogen and oxygen atoms in total. The number of pyridine rings is 1. The number of rotatable bonds is 7. The Morgan fingerprint density at radius 2 is 1.64 bits per heavy atom. The van der Waals surface area contributed by atoms with E-state index >= 15 is 0 Å². The predicted octanol–water partition coefficient (Wildman–Crippen LogP) is 5.66. The van der Waals surface area contributed by atoms with Crippen LogP contribution in [0.1, 0.15) is 23.3 Å². The summed E-state index contributed by atoms with van der Waals surface area (Å²) in [5.74, 6) is -0.695. The van der Waals surface area contributed by atoms with E-state index in [1.807, 2.05) is 0 Å². The second kappa shape index (κ2) is 10.1. The third kappa shape index (κ3) is 4.69. The molecule has 1 amide bonds. The van der Waals surface area contributed by atoms with Crippen LogP contribution in [0.25, 0.3) is 11.1 Å². The number of β-lactam (4-membered cyclic amide) rings is 1. The van der Waals surface area contributed by atoms with E-state index in [1.165, 1.54) is 42.2 Å². The Morgan fingerprint density at radius 1 is 0.944 bits per heavy atom. The molecule has 0 bridgehead atoms. The number of halogens is 2. The summed E-state index contributed by atoms with van der Waals surface area (Å²) in [6.07, 6.45) is 0.533. The standard InChI is InChI=1S/C28H22F2N2O3S/c29-20-9-3-18(4-10-20)24(34)16-36-26-25(19-7-13-22(33)14-8-19)32(28(26)35)21-11-5-17(6-12-21)23-2-1-15-31-27(23)30/h1-15,24-26,33-34H,16H2/t24-,25+,26+/m0/s1. The van der Waals surface area contributed by atoms with Gasteiger partial charge in [-0.25, -0.2) is 9.37 Å². The van der Waals surface area contributed by atoms with Crippen LogP contribution < -0.4 is 4.90 Å². The largest absolute Gasteiger partial charge is 0.508 e. The number of hydrogen-bond acceptors (Lipinski definition) is 5. The second-order valence-corrected chi connectivity index (χ2v) is 9.63. The Hall–Kier alpha value is -3.75. The summed E-state index contributed by atoms with van der Waals surface area (Å²) >= 11 is 1.33. The van der Waals surface area contributed by atoms with Crippen molar-refractivity contribution in [1.82, 2.24) is 4.98 Å². The van der Waals surface area contributed by atoms with Crippen molar-refractivity contribution in [3.63, 3.8) is 0 Å². The van der Waals surface area contributed by atoms with Crippen LogP contribution in [-0.2, 0) is 4.79 Å². The Kier molecular flexibility index (Phi) is 6.71. The fourth-order valence-corrected chi connectivity index (χ4v) is 5.59. The van der Waals surface area contributed by atoms with Gasteiger partial charge in [-0.3, -0.25) is 4.79 Å². The summed E-state index contributed by atoms with van der Waals surface area (Å²) in [5, 5.41) is 19.8. The van der Waals surface area contributed by atoms with Crippen molar-refractivity contribution in [1.29, 1.82) is 0 Å². The summed E-state index contributed by atoms with van der Waals surface area (Å²) in [7, 11) is 0. The van der Waals surface area contributed by atoms with Gasteiger partial charge in [0.1, 0.15) is 16.8 Å². The van der Waals surface area contributed by atoms with Crippen LogP contribution in [0.4, 0.5) is 14.5 Å². The minimum atomic E-state index is -0.855. The molecule has 2 N–H and O–H groups in total. The van der Waals surface area contributed by atoms with Crippen LogP contribution in [0.5, 0.6) is 5.75 Å². The summed E-state index contributed by atoms with van der Waals surface area (Å²) in [5.41, 5.74) is 3.08. The molecule has 0 aliphatic carbocycles. The monoisotopic (exact) mass is 504 g/mol. The number of nitrogens with zero attached hydrogens (tertiary/aromatic N) is 2. The van der Waals surface area contributed by atoms with Crippen LogP contribution in [0.3, 0.4) is 0 Å². The lowest BCUT2D eigenvalue weighted by atomic mass is 9.92. The van der Waals surface area contributed by atoms with Gasteiger partial charge in [0.15, 0.2) is 0 Å². The van der Waals surface area contributed by atoms with E-state index in [0.717, 1.165) is 5.56 Å². The quantitative estimate of drug-likeness (QED) is 0.251. The normalized spacial score (nSPS) is 18.1. The van der Waals surface area contributed by atoms with E-state index in [2.05, 4.69) is 4.98 Å².